The normalized spacial score (nSPS) is 3.68. The van der Waals surface area contributed by atoms with Crippen molar-refractivity contribution >= 4 is 6.79 Å². The molecule has 16 N–H and O–H groups in total. The molecule has 0 unspecified atom stereocenters. The minimum atomic E-state index is 0. The van der Waals surface area contributed by atoms with Crippen LogP contribution in [0.4, 0.5) is 0 Å². The molecule has 0 aliphatic rings. The lowest BCUT2D eigenvalue weighted by Crippen LogP contribution is -1.66. The summed E-state index contributed by atoms with van der Waals surface area (Å²) in [6.45, 7) is 12.1. The molecule has 150 valence electrons. The number of carbonyl (C=O) groups is 1. The van der Waals surface area contributed by atoms with E-state index in [1.807, 2.05) is 27.6 Å². The van der Waals surface area contributed by atoms with Crippen molar-refractivity contribution in [1.82, 2.24) is 33.9 Å². The quantitative estimate of drug-likeness (QED) is 0.549. The fourth-order valence-electron chi connectivity index (χ4n) is 0.259. The molecule has 10 nitrogen and oxygen atoms in total. The highest BCUT2D eigenvalue weighted by Crippen LogP contribution is 1.77. The number of aryl methyl sites for hydroxylation is 1. The Morgan fingerprint density at radius 1 is 0.955 bits per heavy atom. The van der Waals surface area contributed by atoms with Crippen molar-refractivity contribution in [3.8, 4) is 0 Å². The number of carbonyl (C=O) groups excluding carboxylic acids is 1. The number of aromatic amines is 1. The first kappa shape index (κ1) is 107. The lowest BCUT2D eigenvalue weighted by atomic mass is 10.6. The van der Waals surface area contributed by atoms with E-state index in [4.69, 9.17) is 4.79 Å². The van der Waals surface area contributed by atoms with Crippen LogP contribution in [0.25, 0.3) is 0 Å². The van der Waals surface area contributed by atoms with Crippen molar-refractivity contribution in [2.75, 3.05) is 0 Å². The fraction of sp³-hybridized carbons (Fsp3) is 0.750. The van der Waals surface area contributed by atoms with Gasteiger partial charge < -0.3 is 39.7 Å². The number of rotatable bonds is 0. The topological polar surface area (TPSA) is 258 Å². The van der Waals surface area contributed by atoms with Crippen molar-refractivity contribution in [1.29, 1.82) is 0 Å². The van der Waals surface area contributed by atoms with E-state index in [1.165, 1.54) is 6.42 Å². The second kappa shape index (κ2) is 156. The van der Waals surface area contributed by atoms with Crippen LogP contribution in [0.1, 0.15) is 62.1 Å². The first-order valence-corrected chi connectivity index (χ1v) is 4.42. The Morgan fingerprint density at radius 2 is 1.18 bits per heavy atom. The first-order valence-electron chi connectivity index (χ1n) is 4.42. The standard InChI is InChI=1S/C3H5N3.C3H8.C2H6.CH2O.3CH4.3H3N.3H2O/c1-3-2-4-6-5-3;1-3-2;2*1-2;;;;;;;;;/h2H,1H3,(H,4,5,6);3H2,1-2H3;1-2H3;1H2;3*1H4;3*1H3;3*1H2. The highest BCUT2D eigenvalue weighted by molar-refractivity contribution is 5.10. The Hall–Kier alpha value is -1.43. The third kappa shape index (κ3) is 185. The first-order chi connectivity index (χ1) is 6.31. The van der Waals surface area contributed by atoms with Crippen LogP contribution in [0, 0.1) is 6.92 Å². The molecule has 0 amide bonds. The minimum Gasteiger partial charge on any atom is -0.412 e. The van der Waals surface area contributed by atoms with Gasteiger partial charge in [0.2, 0.25) is 0 Å². The summed E-state index contributed by atoms with van der Waals surface area (Å²) in [5.41, 5.74) is 0.926. The van der Waals surface area contributed by atoms with Crippen molar-refractivity contribution in [2.45, 2.75) is 63.3 Å². The van der Waals surface area contributed by atoms with Gasteiger partial charge in [-0.2, -0.15) is 15.4 Å². The minimum absolute atomic E-state index is 0. The highest BCUT2D eigenvalue weighted by atomic mass is 16.1. The van der Waals surface area contributed by atoms with Gasteiger partial charge in [0.05, 0.1) is 11.9 Å². The van der Waals surface area contributed by atoms with Crippen LogP contribution in [0.5, 0.6) is 0 Å². The van der Waals surface area contributed by atoms with Crippen molar-refractivity contribution < 1.29 is 21.2 Å². The van der Waals surface area contributed by atoms with E-state index < -0.39 is 0 Å². The molecule has 22 heavy (non-hydrogen) atoms. The van der Waals surface area contributed by atoms with Gasteiger partial charge in [0.25, 0.3) is 0 Å². The summed E-state index contributed by atoms with van der Waals surface area (Å²) in [6, 6.07) is 0. The maximum absolute atomic E-state index is 8.00. The monoisotopic (exact) mass is 340 g/mol. The molecule has 1 aromatic rings. The van der Waals surface area contributed by atoms with Crippen LogP contribution in [-0.2, 0) is 4.79 Å². The molecule has 0 fully saturated rings. The number of hydrogen-bond donors (Lipinski definition) is 4. The number of H-pyrrole nitrogens is 1. The van der Waals surface area contributed by atoms with Gasteiger partial charge in [-0.15, -0.1) is 0 Å². The SMILES string of the molecule is C.C.C.C=O.CC.CCC.Cc1cn[nH]n1.N.N.N.O.O.O. The lowest BCUT2D eigenvalue weighted by molar-refractivity contribution is -0.0980. The molecule has 0 bridgehead atoms. The van der Waals surface area contributed by atoms with E-state index in [-0.39, 0.29) is 57.2 Å². The summed E-state index contributed by atoms with van der Waals surface area (Å²) in [5, 5.41) is 9.70. The summed E-state index contributed by atoms with van der Waals surface area (Å²) >= 11 is 0. The number of nitrogens with zero attached hydrogens (tertiary/aromatic N) is 2. The second-order valence-electron chi connectivity index (χ2n) is 1.82. The van der Waals surface area contributed by atoms with Gasteiger partial charge in [0, 0.05) is 0 Å². The van der Waals surface area contributed by atoms with E-state index >= 15 is 0 Å². The molecular weight excluding hydrogens is 292 g/mol. The molecule has 0 atom stereocenters. The smallest absolute Gasteiger partial charge is 0.106 e. The molecule has 1 aromatic heterocycles. The zero-order valence-corrected chi connectivity index (χ0v) is 12.9. The summed E-state index contributed by atoms with van der Waals surface area (Å²) in [4.78, 5) is 8.00. The molecule has 0 saturated heterocycles. The van der Waals surface area contributed by atoms with Gasteiger partial charge in [-0.25, -0.2) is 0 Å². The Labute approximate surface area is 138 Å². The summed E-state index contributed by atoms with van der Waals surface area (Å²) in [5.74, 6) is 0. The molecule has 1 rings (SSSR count). The van der Waals surface area contributed by atoms with Crippen LogP contribution < -0.4 is 18.5 Å². The van der Waals surface area contributed by atoms with E-state index in [1.54, 1.807) is 6.20 Å². The lowest BCUT2D eigenvalue weighted by Gasteiger charge is -1.62. The van der Waals surface area contributed by atoms with Crippen LogP contribution in [0.3, 0.4) is 0 Å². The van der Waals surface area contributed by atoms with E-state index in [9.17, 15) is 0 Å². The van der Waals surface area contributed by atoms with Gasteiger partial charge in [-0.05, 0) is 6.92 Å². The van der Waals surface area contributed by atoms with Gasteiger partial charge >= 0.3 is 0 Å². The van der Waals surface area contributed by atoms with Crippen molar-refractivity contribution in [3.05, 3.63) is 11.9 Å². The van der Waals surface area contributed by atoms with Crippen LogP contribution in [0.2, 0.25) is 0 Å². The maximum atomic E-state index is 8.00. The van der Waals surface area contributed by atoms with E-state index in [0.717, 1.165) is 5.69 Å². The molecule has 0 aromatic carbocycles. The highest BCUT2D eigenvalue weighted by Gasteiger charge is 1.76. The summed E-state index contributed by atoms with van der Waals surface area (Å²) in [7, 11) is 0. The summed E-state index contributed by atoms with van der Waals surface area (Å²) < 4.78 is 0. The Balaban J connectivity index is -0.00000000580. The predicted octanol–water partition coefficient (Wildman–Crippen LogP) is 2.29. The number of aromatic nitrogens is 3. The van der Waals surface area contributed by atoms with Crippen LogP contribution >= 0.6 is 0 Å². The van der Waals surface area contributed by atoms with Crippen LogP contribution in [0.15, 0.2) is 6.20 Å². The van der Waals surface area contributed by atoms with Crippen molar-refractivity contribution in [3.63, 3.8) is 0 Å². The Kier molecular flexibility index (Phi) is 762. The summed E-state index contributed by atoms with van der Waals surface area (Å²) in [6.07, 6.45) is 2.92. The molecule has 1 heterocycles. The number of hydrogen-bond acceptors (Lipinski definition) is 6. The second-order valence-corrected chi connectivity index (χ2v) is 1.82. The number of nitrogens with one attached hydrogen (secondary N) is 1. The van der Waals surface area contributed by atoms with Crippen molar-refractivity contribution in [2.24, 2.45) is 0 Å². The average molecular weight is 341 g/mol. The molecule has 0 aliphatic carbocycles. The van der Waals surface area contributed by atoms with Gasteiger partial charge in [0.15, 0.2) is 0 Å². The van der Waals surface area contributed by atoms with Gasteiger partial charge in [0.1, 0.15) is 6.79 Å². The van der Waals surface area contributed by atoms with E-state index in [0.29, 0.717) is 0 Å². The molecule has 0 spiro atoms. The Morgan fingerprint density at radius 3 is 1.23 bits per heavy atom. The molecule has 10 heteroatoms. The molecule has 0 aliphatic heterocycles. The van der Waals surface area contributed by atoms with Crippen LogP contribution in [-0.4, -0.2) is 38.6 Å². The molecular formula is C12H48N6O4. The predicted molar refractivity (Wildman–Crippen MR) is 102 cm³/mol. The van der Waals surface area contributed by atoms with E-state index in [2.05, 4.69) is 29.3 Å². The Bertz CT molecular complexity index is 157. The van der Waals surface area contributed by atoms with Gasteiger partial charge in [-0.1, -0.05) is 56.4 Å². The average Bonchev–Trinajstić information content (AvgIpc) is 2.64. The maximum Gasteiger partial charge on any atom is 0.106 e. The largest absolute Gasteiger partial charge is 0.412 e. The molecule has 0 radical (unpaired) electrons. The van der Waals surface area contributed by atoms with Gasteiger partial charge in [-0.3, -0.25) is 0 Å². The molecule has 0 saturated carbocycles. The third-order valence-corrected chi connectivity index (χ3v) is 0.535. The zero-order chi connectivity index (χ0) is 11.1. The zero-order valence-electron chi connectivity index (χ0n) is 12.9. The third-order valence-electron chi connectivity index (χ3n) is 0.535. The fourth-order valence-corrected chi connectivity index (χ4v) is 0.259.